The molecule has 2 saturated carbocycles. The van der Waals surface area contributed by atoms with E-state index in [2.05, 4.69) is 10.6 Å². The largest absolute Gasteiger partial charge is 0.356 e. The summed E-state index contributed by atoms with van der Waals surface area (Å²) in [6.07, 6.45) is 6.64. The van der Waals surface area contributed by atoms with Gasteiger partial charge in [-0.15, -0.1) is 0 Å². The van der Waals surface area contributed by atoms with E-state index in [4.69, 9.17) is 0 Å². The molecule has 1 heterocycles. The van der Waals surface area contributed by atoms with Gasteiger partial charge in [0.15, 0.2) is 23.3 Å². The number of benzene rings is 1. The Morgan fingerprint density at radius 3 is 1.86 bits per heavy atom. The van der Waals surface area contributed by atoms with Crippen molar-refractivity contribution in [2.24, 2.45) is 5.92 Å². The van der Waals surface area contributed by atoms with E-state index in [9.17, 15) is 27.2 Å². The van der Waals surface area contributed by atoms with Crippen molar-refractivity contribution in [3.8, 4) is 0 Å². The lowest BCUT2D eigenvalue weighted by atomic mass is 10.0. The summed E-state index contributed by atoms with van der Waals surface area (Å²) in [5.41, 5.74) is -2.05. The van der Waals surface area contributed by atoms with Gasteiger partial charge in [0.25, 0.3) is 5.91 Å². The molecule has 0 spiro atoms. The number of anilines is 1. The molecular formula is C20H23F4N3O2. The normalized spacial score (nSPS) is 23.7. The molecule has 1 aromatic carbocycles. The molecule has 1 aromatic rings. The number of amides is 2. The first-order valence-corrected chi connectivity index (χ1v) is 10.1. The summed E-state index contributed by atoms with van der Waals surface area (Å²) in [6, 6.07) is -0.228. The lowest BCUT2D eigenvalue weighted by Gasteiger charge is -2.15. The number of hydrogen-bond donors (Lipinski definition) is 2. The van der Waals surface area contributed by atoms with Gasteiger partial charge in [0, 0.05) is 18.0 Å². The van der Waals surface area contributed by atoms with Crippen molar-refractivity contribution in [3.05, 3.63) is 28.8 Å². The van der Waals surface area contributed by atoms with Crippen LogP contribution >= 0.6 is 0 Å². The van der Waals surface area contributed by atoms with E-state index >= 15 is 0 Å². The highest BCUT2D eigenvalue weighted by Gasteiger charge is 2.51. The molecule has 3 fully saturated rings. The minimum atomic E-state index is -1.72. The summed E-state index contributed by atoms with van der Waals surface area (Å²) in [5.74, 6) is -8.29. The molecule has 158 valence electrons. The van der Waals surface area contributed by atoms with Gasteiger partial charge >= 0.3 is 0 Å². The Morgan fingerprint density at radius 1 is 0.793 bits per heavy atom. The van der Waals surface area contributed by atoms with Crippen LogP contribution in [0.15, 0.2) is 0 Å². The molecule has 29 heavy (non-hydrogen) atoms. The Hall–Kier alpha value is -2.32. The Balaban J connectivity index is 1.47. The van der Waals surface area contributed by atoms with Crippen LogP contribution < -0.4 is 15.5 Å². The van der Waals surface area contributed by atoms with Crippen LogP contribution in [0.5, 0.6) is 0 Å². The zero-order valence-electron chi connectivity index (χ0n) is 15.9. The molecule has 2 N–H and O–H groups in total. The summed E-state index contributed by atoms with van der Waals surface area (Å²) in [6.45, 7) is -0.381. The van der Waals surface area contributed by atoms with Gasteiger partial charge in [-0.1, -0.05) is 25.7 Å². The number of rotatable bonds is 5. The number of nitrogens with one attached hydrogen (secondary N) is 2. The molecular weight excluding hydrogens is 390 g/mol. The van der Waals surface area contributed by atoms with E-state index in [1.165, 1.54) is 4.90 Å². The van der Waals surface area contributed by atoms with Crippen molar-refractivity contribution in [1.82, 2.24) is 10.6 Å². The molecule has 0 radical (unpaired) electrons. The highest BCUT2D eigenvalue weighted by atomic mass is 19.2. The van der Waals surface area contributed by atoms with E-state index in [1.807, 2.05) is 0 Å². The molecule has 1 aliphatic heterocycles. The van der Waals surface area contributed by atoms with Gasteiger partial charge in [-0.3, -0.25) is 9.59 Å². The van der Waals surface area contributed by atoms with Crippen molar-refractivity contribution < 1.29 is 27.2 Å². The van der Waals surface area contributed by atoms with Gasteiger partial charge in [-0.25, -0.2) is 17.6 Å². The third kappa shape index (κ3) is 3.55. The number of carbonyl (C=O) groups excluding carboxylic acids is 2. The zero-order chi connectivity index (χ0) is 20.7. The van der Waals surface area contributed by atoms with Crippen LogP contribution in [-0.4, -0.2) is 30.6 Å². The maximum atomic E-state index is 14.6. The van der Waals surface area contributed by atoms with E-state index in [-0.39, 0.29) is 30.6 Å². The van der Waals surface area contributed by atoms with Crippen molar-refractivity contribution >= 4 is 17.5 Å². The monoisotopic (exact) mass is 413 g/mol. The van der Waals surface area contributed by atoms with E-state index in [1.54, 1.807) is 0 Å². The summed E-state index contributed by atoms with van der Waals surface area (Å²) in [7, 11) is 0. The first kappa shape index (κ1) is 20.0. The second-order valence-corrected chi connectivity index (χ2v) is 8.01. The number of hydrogen-bond acceptors (Lipinski definition) is 3. The Kier molecular flexibility index (Phi) is 5.40. The van der Waals surface area contributed by atoms with Crippen molar-refractivity contribution in [1.29, 1.82) is 0 Å². The van der Waals surface area contributed by atoms with Crippen LogP contribution in [0.1, 0.15) is 61.7 Å². The molecule has 2 amide bonds. The number of fused-ring (bicyclic) bond motifs is 1. The van der Waals surface area contributed by atoms with Crippen LogP contribution in [0.25, 0.3) is 0 Å². The van der Waals surface area contributed by atoms with E-state index < -0.39 is 40.4 Å². The lowest BCUT2D eigenvalue weighted by Crippen LogP contribution is -2.40. The molecule has 4 rings (SSSR count). The van der Waals surface area contributed by atoms with Gasteiger partial charge in [-0.05, 0) is 25.7 Å². The fourth-order valence-corrected chi connectivity index (χ4v) is 4.71. The zero-order valence-corrected chi connectivity index (χ0v) is 15.9. The average Bonchev–Trinajstić information content (AvgIpc) is 3.14. The average molecular weight is 413 g/mol. The number of halogens is 4. The first-order valence-electron chi connectivity index (χ1n) is 10.1. The molecule has 1 saturated heterocycles. The van der Waals surface area contributed by atoms with Crippen LogP contribution in [-0.2, 0) is 4.79 Å². The van der Waals surface area contributed by atoms with Gasteiger partial charge < -0.3 is 15.5 Å². The summed E-state index contributed by atoms with van der Waals surface area (Å²) in [5, 5.41) is 4.56. The van der Waals surface area contributed by atoms with Crippen LogP contribution in [0, 0.1) is 29.2 Å². The standard InChI is InChI=1S/C20H23F4N3O2/c21-14-13(20(29)26-9-25-19(28)10-5-1-2-6-10)15(22)17(24)18(16(14)23)27-11-7-3-4-8-12(11)27/h10-12H,1-9H2,(H,25,28)(H,26,29). The maximum Gasteiger partial charge on any atom is 0.258 e. The highest BCUT2D eigenvalue weighted by molar-refractivity contribution is 5.95. The second-order valence-electron chi connectivity index (χ2n) is 8.01. The Morgan fingerprint density at radius 2 is 1.31 bits per heavy atom. The van der Waals surface area contributed by atoms with E-state index in [0.717, 1.165) is 51.4 Å². The molecule has 2 aliphatic carbocycles. The molecule has 0 aromatic heterocycles. The minimum absolute atomic E-state index is 0.114. The highest BCUT2D eigenvalue weighted by Crippen LogP contribution is 2.47. The topological polar surface area (TPSA) is 61.2 Å². The third-order valence-electron chi connectivity index (χ3n) is 6.28. The van der Waals surface area contributed by atoms with Crippen molar-refractivity contribution in [2.75, 3.05) is 11.6 Å². The van der Waals surface area contributed by atoms with Gasteiger partial charge in [0.1, 0.15) is 11.3 Å². The summed E-state index contributed by atoms with van der Waals surface area (Å²) >= 11 is 0. The van der Waals surface area contributed by atoms with Gasteiger partial charge in [0.2, 0.25) is 5.91 Å². The van der Waals surface area contributed by atoms with E-state index in [0.29, 0.717) is 0 Å². The second kappa shape index (κ2) is 7.84. The molecule has 0 bridgehead atoms. The Labute approximate surface area is 165 Å². The summed E-state index contributed by atoms with van der Waals surface area (Å²) in [4.78, 5) is 25.4. The van der Waals surface area contributed by atoms with Crippen LogP contribution in [0.3, 0.4) is 0 Å². The number of nitrogens with zero attached hydrogens (tertiary/aromatic N) is 1. The van der Waals surface area contributed by atoms with Gasteiger partial charge in [-0.2, -0.15) is 0 Å². The van der Waals surface area contributed by atoms with Crippen LogP contribution in [0.4, 0.5) is 23.2 Å². The van der Waals surface area contributed by atoms with Crippen molar-refractivity contribution in [2.45, 2.75) is 63.5 Å². The SMILES string of the molecule is O=C(NCNC(=O)C1CCCC1)c1c(F)c(F)c(N2C3CCCCC32)c(F)c1F. The summed E-state index contributed by atoms with van der Waals surface area (Å²) < 4.78 is 58.1. The Bertz CT molecular complexity index is 801. The van der Waals surface area contributed by atoms with Crippen molar-refractivity contribution in [3.63, 3.8) is 0 Å². The minimum Gasteiger partial charge on any atom is -0.356 e. The third-order valence-corrected chi connectivity index (χ3v) is 6.28. The fraction of sp³-hybridized carbons (Fsp3) is 0.600. The molecule has 5 nitrogen and oxygen atoms in total. The molecule has 3 aliphatic rings. The fourth-order valence-electron chi connectivity index (χ4n) is 4.71. The predicted octanol–water partition coefficient (Wildman–Crippen LogP) is 3.37. The first-order chi connectivity index (χ1) is 13.9. The lowest BCUT2D eigenvalue weighted by molar-refractivity contribution is -0.124. The van der Waals surface area contributed by atoms with Crippen LogP contribution in [0.2, 0.25) is 0 Å². The molecule has 2 atom stereocenters. The molecule has 2 unspecified atom stereocenters. The maximum absolute atomic E-state index is 14.6. The molecule has 9 heteroatoms. The smallest absolute Gasteiger partial charge is 0.258 e. The number of carbonyl (C=O) groups is 2. The quantitative estimate of drug-likeness (QED) is 0.337. The predicted molar refractivity (Wildman–Crippen MR) is 97.2 cm³/mol. The van der Waals surface area contributed by atoms with Gasteiger partial charge in [0.05, 0.1) is 6.67 Å².